The topological polar surface area (TPSA) is 26.3 Å². The molecular formula is C11H11FO2. The highest BCUT2D eigenvalue weighted by atomic mass is 19.1. The van der Waals surface area contributed by atoms with Crippen LogP contribution in [0.3, 0.4) is 0 Å². The van der Waals surface area contributed by atoms with Crippen molar-refractivity contribution in [3.05, 3.63) is 41.5 Å². The van der Waals surface area contributed by atoms with Gasteiger partial charge in [-0.25, -0.2) is 9.18 Å². The van der Waals surface area contributed by atoms with Crippen molar-refractivity contribution in [3.8, 4) is 0 Å². The molecule has 1 aromatic rings. The maximum Gasteiger partial charge on any atom is 0.338 e. The van der Waals surface area contributed by atoms with Gasteiger partial charge in [0.2, 0.25) is 0 Å². The Bertz CT molecular complexity index is 383. The van der Waals surface area contributed by atoms with Crippen molar-refractivity contribution in [3.63, 3.8) is 0 Å². The monoisotopic (exact) mass is 194 g/mol. The van der Waals surface area contributed by atoms with Crippen molar-refractivity contribution >= 4 is 11.8 Å². The smallest absolute Gasteiger partial charge is 0.338 e. The zero-order chi connectivity index (χ0) is 10.7. The van der Waals surface area contributed by atoms with Crippen LogP contribution < -0.4 is 0 Å². The first-order chi connectivity index (χ1) is 6.56. The van der Waals surface area contributed by atoms with E-state index in [0.29, 0.717) is 16.7 Å². The molecule has 0 saturated carbocycles. The number of ether oxygens (including phenoxy) is 1. The number of carbonyl (C=O) groups is 1. The van der Waals surface area contributed by atoms with Gasteiger partial charge in [-0.2, -0.15) is 0 Å². The summed E-state index contributed by atoms with van der Waals surface area (Å²) in [6.45, 7) is 4.90. The summed E-state index contributed by atoms with van der Waals surface area (Å²) in [7, 11) is 1.31. The molecule has 0 saturated heterocycles. The normalized spacial score (nSPS) is 9.64. The summed E-state index contributed by atoms with van der Waals surface area (Å²) in [6.07, 6.45) is 0. The van der Waals surface area contributed by atoms with E-state index in [9.17, 15) is 9.18 Å². The van der Waals surface area contributed by atoms with Gasteiger partial charge in [-0.3, -0.25) is 0 Å². The van der Waals surface area contributed by atoms with Gasteiger partial charge in [0.15, 0.2) is 0 Å². The number of hydrogen-bond acceptors (Lipinski definition) is 2. The second kappa shape index (κ2) is 4.05. The third-order valence-electron chi connectivity index (χ3n) is 1.94. The third kappa shape index (κ3) is 1.99. The Balaban J connectivity index is 3.14. The Kier molecular flexibility index (Phi) is 3.02. The van der Waals surface area contributed by atoms with Crippen molar-refractivity contribution < 1.29 is 13.9 Å². The molecule has 1 rings (SSSR count). The van der Waals surface area contributed by atoms with Crippen molar-refractivity contribution in [1.29, 1.82) is 0 Å². The van der Waals surface area contributed by atoms with Crippen LogP contribution in [-0.2, 0) is 4.74 Å². The average Bonchev–Trinajstić information content (AvgIpc) is 2.16. The second-order valence-electron chi connectivity index (χ2n) is 2.93. The minimum absolute atomic E-state index is 0.384. The molecule has 0 atom stereocenters. The van der Waals surface area contributed by atoms with Gasteiger partial charge in [-0.1, -0.05) is 12.6 Å². The maximum atomic E-state index is 12.7. The first kappa shape index (κ1) is 10.4. The van der Waals surface area contributed by atoms with Crippen LogP contribution in [0.5, 0.6) is 0 Å². The lowest BCUT2D eigenvalue weighted by Gasteiger charge is -2.04. The fraction of sp³-hybridized carbons (Fsp3) is 0.182. The van der Waals surface area contributed by atoms with Gasteiger partial charge < -0.3 is 4.74 Å². The molecule has 0 heterocycles. The number of methoxy groups -OCH3 is 1. The zero-order valence-electron chi connectivity index (χ0n) is 8.13. The van der Waals surface area contributed by atoms with Gasteiger partial charge in [-0.05, 0) is 24.6 Å². The number of benzene rings is 1. The average molecular weight is 194 g/mol. The summed E-state index contributed by atoms with van der Waals surface area (Å²) in [5.41, 5.74) is 1.50. The highest BCUT2D eigenvalue weighted by Gasteiger charge is 2.09. The van der Waals surface area contributed by atoms with E-state index in [-0.39, 0.29) is 0 Å². The number of carbonyl (C=O) groups excluding carboxylic acids is 1. The number of hydrogen-bond donors (Lipinski definition) is 0. The molecule has 0 spiro atoms. The molecule has 0 bridgehead atoms. The van der Waals surface area contributed by atoms with Crippen LogP contribution in [0.15, 0.2) is 24.8 Å². The van der Waals surface area contributed by atoms with Crippen LogP contribution in [0, 0.1) is 6.92 Å². The highest BCUT2D eigenvalue weighted by molar-refractivity contribution is 5.91. The van der Waals surface area contributed by atoms with E-state index in [2.05, 4.69) is 11.3 Å². The number of aryl methyl sites for hydroxylation is 1. The molecule has 14 heavy (non-hydrogen) atoms. The van der Waals surface area contributed by atoms with E-state index in [1.165, 1.54) is 19.2 Å². The molecule has 3 heteroatoms. The predicted molar refractivity (Wildman–Crippen MR) is 52.7 cm³/mol. The molecule has 1 aromatic carbocycles. The lowest BCUT2D eigenvalue weighted by molar-refractivity contribution is 0.0600. The maximum absolute atomic E-state index is 12.7. The van der Waals surface area contributed by atoms with Gasteiger partial charge >= 0.3 is 5.97 Å². The Morgan fingerprint density at radius 2 is 2.14 bits per heavy atom. The number of esters is 1. The predicted octanol–water partition coefficient (Wildman–Crippen LogP) is 2.72. The summed E-state index contributed by atoms with van der Waals surface area (Å²) in [5.74, 6) is -0.928. The molecule has 0 aliphatic carbocycles. The quantitative estimate of drug-likeness (QED) is 0.676. The van der Waals surface area contributed by atoms with E-state index in [1.54, 1.807) is 13.0 Å². The summed E-state index contributed by atoms with van der Waals surface area (Å²) in [6, 6.07) is 4.59. The van der Waals surface area contributed by atoms with Gasteiger partial charge in [0.25, 0.3) is 0 Å². The standard InChI is InChI=1S/C11H11FO2/c1-7-6-9(8(2)12)4-5-10(7)11(13)14-3/h4-6H,2H2,1,3H3. The molecule has 74 valence electrons. The molecule has 0 N–H and O–H groups in total. The van der Waals surface area contributed by atoms with Crippen molar-refractivity contribution in [2.45, 2.75) is 6.92 Å². The molecule has 0 amide bonds. The largest absolute Gasteiger partial charge is 0.465 e. The van der Waals surface area contributed by atoms with Crippen LogP contribution in [0.1, 0.15) is 21.5 Å². The van der Waals surface area contributed by atoms with Gasteiger partial charge in [-0.15, -0.1) is 0 Å². The van der Waals surface area contributed by atoms with E-state index in [4.69, 9.17) is 0 Å². The Morgan fingerprint density at radius 3 is 2.57 bits per heavy atom. The summed E-state index contributed by atoms with van der Waals surface area (Å²) >= 11 is 0. The third-order valence-corrected chi connectivity index (χ3v) is 1.94. The van der Waals surface area contributed by atoms with Crippen LogP contribution in [0.25, 0.3) is 5.83 Å². The molecule has 0 aliphatic heterocycles. The Morgan fingerprint density at radius 1 is 1.50 bits per heavy atom. The van der Waals surface area contributed by atoms with Crippen LogP contribution in [-0.4, -0.2) is 13.1 Å². The first-order valence-electron chi connectivity index (χ1n) is 4.10. The molecule has 0 unspecified atom stereocenters. The minimum Gasteiger partial charge on any atom is -0.465 e. The molecular weight excluding hydrogens is 183 g/mol. The van der Waals surface area contributed by atoms with E-state index < -0.39 is 11.8 Å². The van der Waals surface area contributed by atoms with Crippen LogP contribution in [0.2, 0.25) is 0 Å². The summed E-state index contributed by atoms with van der Waals surface area (Å²) < 4.78 is 17.3. The highest BCUT2D eigenvalue weighted by Crippen LogP contribution is 2.18. The second-order valence-corrected chi connectivity index (χ2v) is 2.93. The van der Waals surface area contributed by atoms with Crippen LogP contribution in [0.4, 0.5) is 4.39 Å². The minimum atomic E-state index is -0.510. The summed E-state index contributed by atoms with van der Waals surface area (Å²) in [4.78, 5) is 11.2. The fourth-order valence-corrected chi connectivity index (χ4v) is 1.17. The molecule has 0 aliphatic rings. The molecule has 0 radical (unpaired) electrons. The molecule has 0 fully saturated rings. The number of halogens is 1. The van der Waals surface area contributed by atoms with Gasteiger partial charge in [0.1, 0.15) is 5.83 Å². The number of rotatable bonds is 2. The Hall–Kier alpha value is -1.64. The van der Waals surface area contributed by atoms with Gasteiger partial charge in [0.05, 0.1) is 12.7 Å². The van der Waals surface area contributed by atoms with Crippen molar-refractivity contribution in [2.24, 2.45) is 0 Å². The molecule has 2 nitrogen and oxygen atoms in total. The fourth-order valence-electron chi connectivity index (χ4n) is 1.17. The zero-order valence-corrected chi connectivity index (χ0v) is 8.13. The molecule has 0 aromatic heterocycles. The van der Waals surface area contributed by atoms with E-state index in [0.717, 1.165) is 0 Å². The van der Waals surface area contributed by atoms with Crippen molar-refractivity contribution in [2.75, 3.05) is 7.11 Å². The Labute approximate surface area is 82.0 Å². The van der Waals surface area contributed by atoms with Crippen LogP contribution >= 0.6 is 0 Å². The lowest BCUT2D eigenvalue weighted by atomic mass is 10.0. The van der Waals surface area contributed by atoms with E-state index >= 15 is 0 Å². The van der Waals surface area contributed by atoms with E-state index in [1.807, 2.05) is 0 Å². The van der Waals surface area contributed by atoms with Crippen molar-refractivity contribution in [1.82, 2.24) is 0 Å². The lowest BCUT2D eigenvalue weighted by Crippen LogP contribution is -2.03. The van der Waals surface area contributed by atoms with Gasteiger partial charge in [0, 0.05) is 5.56 Å². The SMILES string of the molecule is C=C(F)c1ccc(C(=O)OC)c(C)c1. The summed E-state index contributed by atoms with van der Waals surface area (Å²) in [5, 5.41) is 0. The first-order valence-corrected chi connectivity index (χ1v) is 4.10.